The lowest BCUT2D eigenvalue weighted by Crippen LogP contribution is -2.52. The zero-order valence-electron chi connectivity index (χ0n) is 11.4. The number of aliphatic carboxylic acids is 1. The zero-order valence-corrected chi connectivity index (χ0v) is 11.4. The van der Waals surface area contributed by atoms with E-state index in [9.17, 15) is 14.4 Å². The summed E-state index contributed by atoms with van der Waals surface area (Å²) in [5, 5.41) is 13.7. The molecule has 0 aromatic carbocycles. The van der Waals surface area contributed by atoms with Gasteiger partial charge in [-0.25, -0.2) is 9.59 Å². The van der Waals surface area contributed by atoms with Gasteiger partial charge in [0.25, 0.3) is 0 Å². The summed E-state index contributed by atoms with van der Waals surface area (Å²) in [6.07, 6.45) is 3.02. The minimum absolute atomic E-state index is 0.345. The molecule has 2 unspecified atom stereocenters. The van der Waals surface area contributed by atoms with Crippen molar-refractivity contribution in [2.75, 3.05) is 0 Å². The number of rotatable bonds is 9. The lowest BCUT2D eigenvalue weighted by Gasteiger charge is -2.20. The summed E-state index contributed by atoms with van der Waals surface area (Å²) >= 11 is 0. The summed E-state index contributed by atoms with van der Waals surface area (Å²) in [7, 11) is 0. The number of carboxylic acid groups (broad SMARTS) is 1. The summed E-state index contributed by atoms with van der Waals surface area (Å²) in [5.74, 6) is -1.59. The maximum absolute atomic E-state index is 11.9. The van der Waals surface area contributed by atoms with Gasteiger partial charge in [0.2, 0.25) is 5.91 Å². The number of amides is 3. The second kappa shape index (κ2) is 9.18. The van der Waals surface area contributed by atoms with Crippen molar-refractivity contribution in [1.82, 2.24) is 10.6 Å². The molecule has 5 N–H and O–H groups in total. The standard InChI is InChI=1S/C12H23N3O4/c1-3-5-7-8(15-12(13)19)10(16)14-9(6-4-2)11(17)18/h8-9H,3-7H2,1-2H3,(H,14,16)(H,17,18)(H3,13,15,19). The predicted octanol–water partition coefficient (Wildman–Crippen LogP) is 0.583. The second-order valence-electron chi connectivity index (χ2n) is 4.39. The minimum Gasteiger partial charge on any atom is -0.480 e. The van der Waals surface area contributed by atoms with Gasteiger partial charge in [-0.15, -0.1) is 0 Å². The van der Waals surface area contributed by atoms with Gasteiger partial charge in [-0.3, -0.25) is 4.79 Å². The van der Waals surface area contributed by atoms with Crippen LogP contribution in [0.3, 0.4) is 0 Å². The molecule has 0 spiro atoms. The fraction of sp³-hybridized carbons (Fsp3) is 0.750. The van der Waals surface area contributed by atoms with Gasteiger partial charge in [-0.1, -0.05) is 33.1 Å². The third kappa shape index (κ3) is 7.28. The number of nitrogens with one attached hydrogen (secondary N) is 2. The molecule has 0 aliphatic carbocycles. The van der Waals surface area contributed by atoms with Gasteiger partial charge in [-0.05, 0) is 12.8 Å². The number of hydrogen-bond donors (Lipinski definition) is 4. The summed E-state index contributed by atoms with van der Waals surface area (Å²) in [5.41, 5.74) is 5.01. The molecule has 0 radical (unpaired) electrons. The van der Waals surface area contributed by atoms with Crippen LogP contribution in [0.25, 0.3) is 0 Å². The first kappa shape index (κ1) is 17.2. The quantitative estimate of drug-likeness (QED) is 0.491. The first-order valence-electron chi connectivity index (χ1n) is 6.51. The van der Waals surface area contributed by atoms with Crippen LogP contribution in [0.5, 0.6) is 0 Å². The Hall–Kier alpha value is -1.79. The van der Waals surface area contributed by atoms with Gasteiger partial charge >= 0.3 is 12.0 Å². The third-order valence-corrected chi connectivity index (χ3v) is 2.67. The summed E-state index contributed by atoms with van der Waals surface area (Å²) in [6, 6.07) is -2.51. The van der Waals surface area contributed by atoms with Crippen LogP contribution in [0, 0.1) is 0 Å². The van der Waals surface area contributed by atoms with E-state index in [1.54, 1.807) is 0 Å². The van der Waals surface area contributed by atoms with Crippen molar-refractivity contribution in [2.45, 2.75) is 58.0 Å². The molecule has 2 atom stereocenters. The average molecular weight is 273 g/mol. The van der Waals surface area contributed by atoms with E-state index in [0.717, 1.165) is 12.8 Å². The number of nitrogens with two attached hydrogens (primary N) is 1. The molecule has 7 heteroatoms. The Balaban J connectivity index is 4.58. The van der Waals surface area contributed by atoms with Crippen LogP contribution in [0.1, 0.15) is 46.0 Å². The van der Waals surface area contributed by atoms with Crippen LogP contribution >= 0.6 is 0 Å². The molecule has 0 aliphatic rings. The lowest BCUT2D eigenvalue weighted by molar-refractivity contribution is -0.142. The molecular weight excluding hydrogens is 250 g/mol. The SMILES string of the molecule is CCCCC(NC(N)=O)C(=O)NC(CCC)C(=O)O. The molecule has 0 saturated heterocycles. The van der Waals surface area contributed by atoms with Gasteiger partial charge in [0.1, 0.15) is 12.1 Å². The molecule has 0 bridgehead atoms. The number of carbonyl (C=O) groups is 3. The van der Waals surface area contributed by atoms with Crippen LogP contribution in [0.2, 0.25) is 0 Å². The van der Waals surface area contributed by atoms with Crippen molar-refractivity contribution in [3.63, 3.8) is 0 Å². The zero-order chi connectivity index (χ0) is 14.8. The molecule has 0 rings (SSSR count). The molecule has 0 aliphatic heterocycles. The smallest absolute Gasteiger partial charge is 0.326 e. The Morgan fingerprint density at radius 1 is 1.05 bits per heavy atom. The normalized spacial score (nSPS) is 13.4. The van der Waals surface area contributed by atoms with Gasteiger partial charge in [0, 0.05) is 0 Å². The topological polar surface area (TPSA) is 122 Å². The summed E-state index contributed by atoms with van der Waals surface area (Å²) in [4.78, 5) is 33.7. The second-order valence-corrected chi connectivity index (χ2v) is 4.39. The third-order valence-electron chi connectivity index (χ3n) is 2.67. The Kier molecular flexibility index (Phi) is 8.32. The number of carbonyl (C=O) groups excluding carboxylic acids is 2. The van der Waals surface area contributed by atoms with Crippen molar-refractivity contribution < 1.29 is 19.5 Å². The van der Waals surface area contributed by atoms with Crippen LogP contribution in [0.4, 0.5) is 4.79 Å². The average Bonchev–Trinajstić information content (AvgIpc) is 2.33. The number of primary amides is 1. The molecule has 19 heavy (non-hydrogen) atoms. The van der Waals surface area contributed by atoms with E-state index < -0.39 is 30.0 Å². The Morgan fingerprint density at radius 2 is 1.68 bits per heavy atom. The molecule has 0 saturated carbocycles. The van der Waals surface area contributed by atoms with E-state index in [0.29, 0.717) is 19.3 Å². The molecule has 0 aromatic heterocycles. The molecule has 110 valence electrons. The number of carboxylic acids is 1. The number of unbranched alkanes of at least 4 members (excludes halogenated alkanes) is 1. The summed E-state index contributed by atoms with van der Waals surface area (Å²) < 4.78 is 0. The highest BCUT2D eigenvalue weighted by Crippen LogP contribution is 2.03. The van der Waals surface area contributed by atoms with E-state index in [2.05, 4.69) is 10.6 Å². The fourth-order valence-corrected chi connectivity index (χ4v) is 1.67. The van der Waals surface area contributed by atoms with Crippen molar-refractivity contribution in [1.29, 1.82) is 0 Å². The minimum atomic E-state index is -1.08. The summed E-state index contributed by atoms with van der Waals surface area (Å²) in [6.45, 7) is 3.79. The molecule has 0 heterocycles. The van der Waals surface area contributed by atoms with Crippen LogP contribution < -0.4 is 16.4 Å². The van der Waals surface area contributed by atoms with Crippen LogP contribution in [-0.4, -0.2) is 35.1 Å². The Bertz CT molecular complexity index is 320. The van der Waals surface area contributed by atoms with Crippen LogP contribution in [0.15, 0.2) is 0 Å². The molecule has 0 fully saturated rings. The van der Waals surface area contributed by atoms with E-state index in [-0.39, 0.29) is 0 Å². The molecule has 0 aromatic rings. The van der Waals surface area contributed by atoms with Crippen molar-refractivity contribution >= 4 is 17.9 Å². The first-order chi connectivity index (χ1) is 8.92. The highest BCUT2D eigenvalue weighted by atomic mass is 16.4. The Labute approximate surface area is 112 Å². The molecule has 3 amide bonds. The maximum atomic E-state index is 11.9. The van der Waals surface area contributed by atoms with E-state index >= 15 is 0 Å². The lowest BCUT2D eigenvalue weighted by atomic mass is 10.1. The van der Waals surface area contributed by atoms with E-state index in [1.165, 1.54) is 0 Å². The monoisotopic (exact) mass is 273 g/mol. The van der Waals surface area contributed by atoms with Gasteiger partial charge in [-0.2, -0.15) is 0 Å². The van der Waals surface area contributed by atoms with Crippen LogP contribution in [-0.2, 0) is 9.59 Å². The molecular formula is C12H23N3O4. The number of urea groups is 1. The first-order valence-corrected chi connectivity index (χ1v) is 6.51. The van der Waals surface area contributed by atoms with Gasteiger partial charge in [0.15, 0.2) is 0 Å². The predicted molar refractivity (Wildman–Crippen MR) is 70.5 cm³/mol. The van der Waals surface area contributed by atoms with E-state index in [4.69, 9.17) is 10.8 Å². The van der Waals surface area contributed by atoms with Gasteiger partial charge < -0.3 is 21.5 Å². The van der Waals surface area contributed by atoms with Crippen molar-refractivity contribution in [3.05, 3.63) is 0 Å². The highest BCUT2D eigenvalue weighted by Gasteiger charge is 2.24. The maximum Gasteiger partial charge on any atom is 0.326 e. The number of hydrogen-bond acceptors (Lipinski definition) is 3. The Morgan fingerprint density at radius 3 is 2.11 bits per heavy atom. The van der Waals surface area contributed by atoms with Crippen molar-refractivity contribution in [3.8, 4) is 0 Å². The molecule has 7 nitrogen and oxygen atoms in total. The fourth-order valence-electron chi connectivity index (χ4n) is 1.67. The van der Waals surface area contributed by atoms with E-state index in [1.807, 2.05) is 13.8 Å². The highest BCUT2D eigenvalue weighted by molar-refractivity contribution is 5.89. The van der Waals surface area contributed by atoms with Gasteiger partial charge in [0.05, 0.1) is 0 Å². The van der Waals surface area contributed by atoms with Crippen molar-refractivity contribution in [2.24, 2.45) is 5.73 Å². The largest absolute Gasteiger partial charge is 0.480 e.